The highest BCUT2D eigenvalue weighted by Crippen LogP contribution is 2.34. The molecule has 134 valence electrons. The van der Waals surface area contributed by atoms with Crippen molar-refractivity contribution in [3.8, 4) is 0 Å². The second-order valence-corrected chi connectivity index (χ2v) is 8.89. The first-order chi connectivity index (χ1) is 12.0. The summed E-state index contributed by atoms with van der Waals surface area (Å²) in [6.07, 6.45) is 4.05. The molecule has 1 aromatic heterocycles. The summed E-state index contributed by atoms with van der Waals surface area (Å²) < 4.78 is 30.0. The first-order valence-electron chi connectivity index (χ1n) is 8.67. The summed E-state index contributed by atoms with van der Waals surface area (Å²) in [6, 6.07) is 11.4. The minimum Gasteiger partial charge on any atom is -0.593 e. The highest BCUT2D eigenvalue weighted by molar-refractivity contribution is 7.96. The smallest absolute Gasteiger partial charge is 0.198 e. The number of likely N-dealkylation sites (tertiary alicyclic amines) is 1. The minimum absolute atomic E-state index is 0.275. The van der Waals surface area contributed by atoms with Crippen molar-refractivity contribution in [1.82, 2.24) is 14.2 Å². The molecular formula is C18H24N4O2S. The average molecular weight is 360 g/mol. The number of piperidine rings is 1. The second kappa shape index (κ2) is 6.25. The molecule has 4 rings (SSSR count). The van der Waals surface area contributed by atoms with Crippen LogP contribution >= 0.6 is 0 Å². The van der Waals surface area contributed by atoms with Crippen molar-refractivity contribution in [2.75, 3.05) is 25.0 Å². The summed E-state index contributed by atoms with van der Waals surface area (Å²) in [5.74, 6) is 0. The van der Waals surface area contributed by atoms with Crippen molar-refractivity contribution >= 4 is 16.1 Å². The lowest BCUT2D eigenvalue weighted by Gasteiger charge is -2.42. The molecule has 0 bridgehead atoms. The number of nitrogens with zero attached hydrogens (tertiary/aromatic N) is 2. The van der Waals surface area contributed by atoms with E-state index in [-0.39, 0.29) is 5.54 Å². The van der Waals surface area contributed by atoms with Crippen LogP contribution in [-0.4, -0.2) is 39.2 Å². The van der Waals surface area contributed by atoms with Crippen molar-refractivity contribution in [2.24, 2.45) is 7.05 Å². The van der Waals surface area contributed by atoms with Gasteiger partial charge in [-0.2, -0.15) is 0 Å². The van der Waals surface area contributed by atoms with Crippen LogP contribution in [0.3, 0.4) is 0 Å². The molecule has 2 aromatic rings. The SMILES string of the molecule is Cn1cccc1CN1CCCC2(CN[S+](=O)([O-])c3ccccc3N2)C1. The van der Waals surface area contributed by atoms with Gasteiger partial charge in [0.05, 0.1) is 17.8 Å². The third kappa shape index (κ3) is 3.25. The van der Waals surface area contributed by atoms with E-state index in [1.54, 1.807) is 12.1 Å². The normalized spacial score (nSPS) is 29.8. The van der Waals surface area contributed by atoms with Gasteiger partial charge in [-0.25, -0.2) is 0 Å². The monoisotopic (exact) mass is 360 g/mol. The molecule has 3 heterocycles. The van der Waals surface area contributed by atoms with Gasteiger partial charge in [-0.1, -0.05) is 16.3 Å². The van der Waals surface area contributed by atoms with E-state index < -0.39 is 10.4 Å². The van der Waals surface area contributed by atoms with Gasteiger partial charge in [0, 0.05) is 32.0 Å². The van der Waals surface area contributed by atoms with Crippen molar-refractivity contribution in [2.45, 2.75) is 29.8 Å². The minimum atomic E-state index is -3.46. The molecule has 2 unspecified atom stereocenters. The molecule has 25 heavy (non-hydrogen) atoms. The van der Waals surface area contributed by atoms with Crippen LogP contribution in [0.4, 0.5) is 5.69 Å². The summed E-state index contributed by atoms with van der Waals surface area (Å²) in [6.45, 7) is 3.13. The predicted molar refractivity (Wildman–Crippen MR) is 97.8 cm³/mol. The molecule has 0 amide bonds. The summed E-state index contributed by atoms with van der Waals surface area (Å²) in [4.78, 5) is 2.75. The summed E-state index contributed by atoms with van der Waals surface area (Å²) in [5, 5.41) is 3.56. The molecule has 2 aliphatic heterocycles. The number of nitrogens with one attached hydrogen (secondary N) is 2. The number of hydrogen-bond acceptors (Lipinski definition) is 4. The number of fused-ring (bicyclic) bond motifs is 1. The van der Waals surface area contributed by atoms with Gasteiger partial charge >= 0.3 is 0 Å². The van der Waals surface area contributed by atoms with Crippen LogP contribution in [0.1, 0.15) is 18.5 Å². The van der Waals surface area contributed by atoms with Gasteiger partial charge in [-0.05, 0) is 43.7 Å². The maximum Gasteiger partial charge on any atom is 0.198 e. The lowest BCUT2D eigenvalue weighted by Crippen LogP contribution is -2.57. The molecule has 1 fully saturated rings. The molecule has 2 aliphatic rings. The predicted octanol–water partition coefficient (Wildman–Crippen LogP) is 1.98. The van der Waals surface area contributed by atoms with E-state index in [2.05, 4.69) is 44.9 Å². The van der Waals surface area contributed by atoms with Crippen LogP contribution in [0, 0.1) is 0 Å². The molecule has 0 radical (unpaired) electrons. The zero-order chi connectivity index (χ0) is 17.5. The molecular weight excluding hydrogens is 336 g/mol. The van der Waals surface area contributed by atoms with E-state index in [0.29, 0.717) is 17.1 Å². The zero-order valence-electron chi connectivity index (χ0n) is 14.4. The fourth-order valence-electron chi connectivity index (χ4n) is 3.94. The molecule has 6 nitrogen and oxygen atoms in total. The fourth-order valence-corrected chi connectivity index (χ4v) is 5.23. The lowest BCUT2D eigenvalue weighted by molar-refractivity contribution is 0.154. The van der Waals surface area contributed by atoms with Gasteiger partial charge in [-0.15, -0.1) is 4.72 Å². The lowest BCUT2D eigenvalue weighted by atomic mass is 9.88. The Bertz CT molecular complexity index is 821. The van der Waals surface area contributed by atoms with Crippen LogP contribution in [0.25, 0.3) is 0 Å². The number of para-hydroxylation sites is 1. The molecule has 1 spiro atoms. The number of sulfonamides is 1. The first kappa shape index (κ1) is 16.8. The van der Waals surface area contributed by atoms with Gasteiger partial charge in [0.25, 0.3) is 0 Å². The third-order valence-corrected chi connectivity index (χ3v) is 6.73. The Morgan fingerprint density at radius 2 is 2.12 bits per heavy atom. The van der Waals surface area contributed by atoms with Gasteiger partial charge in [0.2, 0.25) is 0 Å². The first-order valence-corrected chi connectivity index (χ1v) is 10.2. The standard InChI is InChI=1S/C18H24N4O2S/c1-21-10-4-6-15(21)12-22-11-5-9-18(14-22)13-19-25(23,24)17-8-3-2-7-16(17)20-18/h2-4,6-8,10,20H,5,9,11-14H2,1H3,(H-,19,23,24). The Morgan fingerprint density at radius 1 is 1.28 bits per heavy atom. The molecule has 1 aromatic carbocycles. The van der Waals surface area contributed by atoms with E-state index in [1.807, 2.05) is 12.1 Å². The Kier molecular flexibility index (Phi) is 4.19. The van der Waals surface area contributed by atoms with E-state index in [4.69, 9.17) is 0 Å². The molecule has 0 aliphatic carbocycles. The van der Waals surface area contributed by atoms with Crippen LogP contribution in [-0.2, 0) is 28.2 Å². The molecule has 2 atom stereocenters. The highest BCUT2D eigenvalue weighted by atomic mass is 32.3. The summed E-state index contributed by atoms with van der Waals surface area (Å²) in [7, 11) is -1.40. The second-order valence-electron chi connectivity index (χ2n) is 7.15. The maximum absolute atomic E-state index is 12.5. The number of hydrogen-bond donors (Lipinski definition) is 2. The highest BCUT2D eigenvalue weighted by Gasteiger charge is 2.42. The maximum atomic E-state index is 12.5. The number of rotatable bonds is 2. The number of anilines is 1. The van der Waals surface area contributed by atoms with Crippen molar-refractivity contribution in [3.05, 3.63) is 48.3 Å². The van der Waals surface area contributed by atoms with E-state index in [0.717, 1.165) is 32.5 Å². The van der Waals surface area contributed by atoms with E-state index in [9.17, 15) is 8.76 Å². The van der Waals surface area contributed by atoms with Crippen LogP contribution < -0.4 is 10.0 Å². The number of aromatic nitrogens is 1. The zero-order valence-corrected chi connectivity index (χ0v) is 15.2. The molecule has 0 saturated carbocycles. The summed E-state index contributed by atoms with van der Waals surface area (Å²) >= 11 is 0. The number of aryl methyl sites for hydroxylation is 1. The molecule has 1 saturated heterocycles. The number of benzene rings is 1. The Morgan fingerprint density at radius 3 is 2.92 bits per heavy atom. The fraction of sp³-hybridized carbons (Fsp3) is 0.444. The Hall–Kier alpha value is -1.67. The van der Waals surface area contributed by atoms with Gasteiger partial charge < -0.3 is 14.4 Å². The Labute approximate surface area is 149 Å². The molecule has 2 N–H and O–H groups in total. The van der Waals surface area contributed by atoms with Gasteiger partial charge in [0.1, 0.15) is 0 Å². The summed E-state index contributed by atoms with van der Waals surface area (Å²) in [5.41, 5.74) is 1.70. The van der Waals surface area contributed by atoms with Crippen LogP contribution in [0.2, 0.25) is 0 Å². The van der Waals surface area contributed by atoms with Crippen LogP contribution in [0.15, 0.2) is 47.5 Å². The Balaban J connectivity index is 1.59. The van der Waals surface area contributed by atoms with E-state index >= 15 is 0 Å². The van der Waals surface area contributed by atoms with E-state index in [1.165, 1.54) is 5.69 Å². The van der Waals surface area contributed by atoms with Crippen molar-refractivity contribution in [3.63, 3.8) is 0 Å². The molecule has 7 heteroatoms. The van der Waals surface area contributed by atoms with Gasteiger partial charge in [0.15, 0.2) is 15.3 Å². The third-order valence-electron chi connectivity index (χ3n) is 5.27. The topological polar surface area (TPSA) is 72.4 Å². The van der Waals surface area contributed by atoms with Gasteiger partial charge in [-0.3, -0.25) is 4.90 Å². The quantitative estimate of drug-likeness (QED) is 0.804. The largest absolute Gasteiger partial charge is 0.593 e. The average Bonchev–Trinajstić information content (AvgIpc) is 2.94. The van der Waals surface area contributed by atoms with Crippen molar-refractivity contribution < 1.29 is 8.76 Å². The van der Waals surface area contributed by atoms with Crippen molar-refractivity contribution in [1.29, 1.82) is 0 Å². The van der Waals surface area contributed by atoms with Crippen LogP contribution in [0.5, 0.6) is 0 Å².